The molecule has 0 radical (unpaired) electrons. The molecule has 4 heterocycles. The lowest BCUT2D eigenvalue weighted by Gasteiger charge is -2.35. The molecule has 7 N–H and O–H groups in total. The second-order valence-electron chi connectivity index (χ2n) is 19.2. The zero-order valence-corrected chi connectivity index (χ0v) is 42.0. The molecule has 3 unspecified atom stereocenters. The number of rotatable bonds is 23. The van der Waals surface area contributed by atoms with Crippen molar-refractivity contribution in [1.29, 1.82) is 0 Å². The van der Waals surface area contributed by atoms with E-state index in [2.05, 4.69) is 89.2 Å². The zero-order valence-electron chi connectivity index (χ0n) is 42.0. The van der Waals surface area contributed by atoms with Gasteiger partial charge in [-0.3, -0.25) is 24.2 Å². The van der Waals surface area contributed by atoms with Crippen LogP contribution in [0.15, 0.2) is 18.2 Å². The number of nitrogens with zero attached hydrogens (tertiary/aromatic N) is 2. The Morgan fingerprint density at radius 2 is 1.61 bits per heavy atom. The number of H-pyrrole nitrogens is 1. The van der Waals surface area contributed by atoms with E-state index in [1.807, 2.05) is 6.92 Å². The lowest BCUT2D eigenvalue weighted by atomic mass is 9.82. The number of aryl methyl sites for hydroxylation is 3. The lowest BCUT2D eigenvalue weighted by molar-refractivity contribution is -0.126. The Balaban J connectivity index is 1.66. The standard InChI is InChI=1S/C54H77N7O6/c1-11-13-14-15-26-67-38(10)50-32(4)28-42-35(7)39(12-2)45(58-42)30-44-37(9)51-46(63)29-41(53(51)60-44)52-40(36(8)43(59-52)27-31(3)34(50)6)16-17-49(66)61-54(21-18-33(5)62,22-19-47(56)64)23-20-48(65)57-25-24-55/h27-28,30,36,38,40,60H,11-26,29,55H2,1-10H3,(H2,56,64)(H,57,65)(H,61,66)/t36?,38?,40-,54?/m0/s1. The summed E-state index contributed by atoms with van der Waals surface area (Å²) in [4.78, 5) is 79.8. The normalized spacial score (nSPS) is 16.7. The minimum absolute atomic E-state index is 0.0239. The van der Waals surface area contributed by atoms with Crippen LogP contribution >= 0.6 is 0 Å². The van der Waals surface area contributed by atoms with Crippen molar-refractivity contribution in [2.45, 2.75) is 183 Å². The van der Waals surface area contributed by atoms with Crippen molar-refractivity contribution in [3.05, 3.63) is 79.9 Å². The first-order valence-corrected chi connectivity index (χ1v) is 24.7. The molecule has 0 saturated carbocycles. The SMILES string of the molecule is CCCCCCOC(C)c1c(C)cc2nc(cc3[nH]c4c(c5nc(cc(C)c1C)C(C)[C@@H]5CCC(=O)NC(CCC(C)=O)(CCC(N)=O)CCC(=O)NCCN)CC(=O)c4c3C)C(CC)=C2C. The first kappa shape index (κ1) is 52.7. The van der Waals surface area contributed by atoms with E-state index in [4.69, 9.17) is 26.2 Å². The van der Waals surface area contributed by atoms with Crippen LogP contribution in [0.2, 0.25) is 0 Å². The molecule has 0 fully saturated rings. The third-order valence-corrected chi connectivity index (χ3v) is 14.3. The summed E-state index contributed by atoms with van der Waals surface area (Å²) in [5.74, 6) is -1.42. The van der Waals surface area contributed by atoms with Crippen molar-refractivity contribution in [3.63, 3.8) is 0 Å². The van der Waals surface area contributed by atoms with Crippen LogP contribution in [0.1, 0.15) is 209 Å². The smallest absolute Gasteiger partial charge is 0.220 e. The maximum absolute atomic E-state index is 14.3. The molecule has 2 aromatic heterocycles. The van der Waals surface area contributed by atoms with E-state index < -0.39 is 11.4 Å². The molecule has 5 rings (SSSR count). The number of primary amides is 1. The monoisotopic (exact) mass is 920 g/mol. The van der Waals surface area contributed by atoms with Crippen LogP contribution in [0.4, 0.5) is 0 Å². The van der Waals surface area contributed by atoms with E-state index in [-0.39, 0.29) is 99.2 Å². The third kappa shape index (κ3) is 12.8. The van der Waals surface area contributed by atoms with Gasteiger partial charge in [-0.05, 0) is 144 Å². The number of carbonyl (C=O) groups excluding carboxylic acids is 5. The van der Waals surface area contributed by atoms with Crippen LogP contribution < -0.4 is 22.1 Å². The fourth-order valence-electron chi connectivity index (χ4n) is 10.2. The molecule has 13 nitrogen and oxygen atoms in total. The number of aromatic amines is 1. The number of ketones is 2. The minimum atomic E-state index is -1.02. The van der Waals surface area contributed by atoms with E-state index in [1.54, 1.807) is 0 Å². The van der Waals surface area contributed by atoms with Gasteiger partial charge < -0.3 is 36.6 Å². The van der Waals surface area contributed by atoms with Crippen LogP contribution in [-0.2, 0) is 30.3 Å². The summed E-state index contributed by atoms with van der Waals surface area (Å²) in [6.07, 6.45) is 6.63. The number of Topliss-reactive ketones (excluding diaryl/α,β-unsaturated/α-hetero) is 2. The van der Waals surface area contributed by atoms with Gasteiger partial charge in [-0.15, -0.1) is 0 Å². The summed E-state index contributed by atoms with van der Waals surface area (Å²) >= 11 is 0. The van der Waals surface area contributed by atoms with Gasteiger partial charge in [0.1, 0.15) is 5.78 Å². The molecule has 3 aliphatic rings. The maximum atomic E-state index is 14.3. The van der Waals surface area contributed by atoms with Crippen molar-refractivity contribution in [2.75, 3.05) is 19.7 Å². The fourth-order valence-corrected chi connectivity index (χ4v) is 10.2. The summed E-state index contributed by atoms with van der Waals surface area (Å²) in [6.45, 7) is 21.9. The van der Waals surface area contributed by atoms with Gasteiger partial charge in [-0.25, -0.2) is 4.98 Å². The van der Waals surface area contributed by atoms with Gasteiger partial charge in [0.05, 0.1) is 28.7 Å². The molecule has 6 bridgehead atoms. The van der Waals surface area contributed by atoms with Crippen molar-refractivity contribution in [1.82, 2.24) is 25.6 Å². The fraction of sp³-hybridized carbons (Fsp3) is 0.574. The molecule has 0 saturated heterocycles. The number of amides is 3. The van der Waals surface area contributed by atoms with E-state index in [0.717, 1.165) is 104 Å². The highest BCUT2D eigenvalue weighted by Crippen LogP contribution is 2.45. The Morgan fingerprint density at radius 1 is 0.896 bits per heavy atom. The van der Waals surface area contributed by atoms with Gasteiger partial charge in [-0.2, -0.15) is 0 Å². The van der Waals surface area contributed by atoms with E-state index in [9.17, 15) is 24.0 Å². The lowest BCUT2D eigenvalue weighted by Crippen LogP contribution is -2.50. The number of nitrogens with two attached hydrogens (primary N) is 2. The average Bonchev–Trinajstić information content (AvgIpc) is 3.97. The van der Waals surface area contributed by atoms with Gasteiger partial charge in [0.2, 0.25) is 17.7 Å². The highest BCUT2D eigenvalue weighted by molar-refractivity contribution is 6.13. The molecule has 2 aliphatic heterocycles. The third-order valence-electron chi connectivity index (χ3n) is 14.3. The van der Waals surface area contributed by atoms with Gasteiger partial charge in [0.25, 0.3) is 0 Å². The number of fused-ring (bicyclic) bond motifs is 6. The first-order valence-electron chi connectivity index (χ1n) is 24.7. The number of aromatic nitrogens is 3. The highest BCUT2D eigenvalue weighted by atomic mass is 16.5. The first-order chi connectivity index (χ1) is 31.8. The number of allylic oxidation sites excluding steroid dienone is 2. The predicted octanol–water partition coefficient (Wildman–Crippen LogP) is 9.38. The summed E-state index contributed by atoms with van der Waals surface area (Å²) < 4.78 is 6.58. The Bertz CT molecular complexity index is 2430. The molecule has 4 atom stereocenters. The summed E-state index contributed by atoms with van der Waals surface area (Å²) in [7, 11) is 0. The molecule has 0 spiro atoms. The van der Waals surface area contributed by atoms with Crippen molar-refractivity contribution < 1.29 is 28.7 Å². The topological polar surface area (TPSA) is 212 Å². The molecular formula is C54H77N7O6. The summed E-state index contributed by atoms with van der Waals surface area (Å²) in [5, 5.41) is 5.98. The number of nitrogens with one attached hydrogen (secondary N) is 3. The molecule has 3 amide bonds. The molecule has 364 valence electrons. The summed E-state index contributed by atoms with van der Waals surface area (Å²) in [5.41, 5.74) is 24.2. The van der Waals surface area contributed by atoms with Crippen molar-refractivity contribution >= 4 is 51.5 Å². The van der Waals surface area contributed by atoms with E-state index in [1.165, 1.54) is 13.3 Å². The molecule has 1 aliphatic carbocycles. The minimum Gasteiger partial charge on any atom is -0.374 e. The molecule has 0 aromatic carbocycles. The van der Waals surface area contributed by atoms with Crippen LogP contribution in [0, 0.1) is 27.7 Å². The highest BCUT2D eigenvalue weighted by Gasteiger charge is 2.37. The van der Waals surface area contributed by atoms with Crippen molar-refractivity contribution in [3.8, 4) is 0 Å². The van der Waals surface area contributed by atoms with Gasteiger partial charge >= 0.3 is 0 Å². The number of hydrogen-bond donors (Lipinski definition) is 5. The average molecular weight is 920 g/mol. The number of carbonyl (C=O) groups is 5. The Kier molecular flexibility index (Phi) is 18.6. The number of ether oxygens (including phenoxy) is 1. The van der Waals surface area contributed by atoms with E-state index in [0.29, 0.717) is 25.1 Å². The molecular weight excluding hydrogens is 843 g/mol. The Labute approximate surface area is 398 Å². The molecule has 67 heavy (non-hydrogen) atoms. The largest absolute Gasteiger partial charge is 0.374 e. The number of hydrogen-bond acceptors (Lipinski definition) is 9. The van der Waals surface area contributed by atoms with Crippen LogP contribution in [0.5, 0.6) is 0 Å². The number of unbranched alkanes of at least 4 members (excludes halogenated alkanes) is 3. The van der Waals surface area contributed by atoms with Gasteiger partial charge in [0.15, 0.2) is 5.78 Å². The zero-order chi connectivity index (χ0) is 49.2. The van der Waals surface area contributed by atoms with Crippen molar-refractivity contribution in [2.24, 2.45) is 11.5 Å². The molecule has 2 aromatic rings. The Morgan fingerprint density at radius 3 is 2.28 bits per heavy atom. The second-order valence-corrected chi connectivity index (χ2v) is 19.2. The second kappa shape index (κ2) is 23.6. The van der Waals surface area contributed by atoms with Crippen LogP contribution in [-0.4, -0.2) is 69.5 Å². The maximum Gasteiger partial charge on any atom is 0.220 e. The summed E-state index contributed by atoms with van der Waals surface area (Å²) in [6, 6.07) is 6.41. The van der Waals surface area contributed by atoms with Crippen LogP contribution in [0.3, 0.4) is 0 Å². The van der Waals surface area contributed by atoms with Gasteiger partial charge in [-0.1, -0.05) is 40.0 Å². The van der Waals surface area contributed by atoms with E-state index >= 15 is 0 Å². The Hall–Kier alpha value is -5.27. The predicted molar refractivity (Wildman–Crippen MR) is 267 cm³/mol. The van der Waals surface area contributed by atoms with Crippen LogP contribution in [0.25, 0.3) is 22.2 Å². The van der Waals surface area contributed by atoms with Gasteiger partial charge in [0, 0.05) is 91.5 Å². The quantitative estimate of drug-likeness (QED) is 0.0671. The molecule has 13 heteroatoms.